The number of likely N-dealkylation sites (tertiary alicyclic amines) is 2. The molecular formula is C38H47BrFN7O3. The van der Waals surface area contributed by atoms with Gasteiger partial charge in [0.15, 0.2) is 0 Å². The standard InChI is InChI=1S/C38H47BrFN7O3/c1-44-23-27(19-28(24-44)42-33-21-41-45(2)37(50)35(33)39)26-5-3-25(4-6-26)22-46-15-11-38(12-16-46)13-17-47(18-14-38)29-7-9-32(40)31(20-29)30-8-10-34(48)43-36(30)49/h3-7,9,20-21,27-28,30,42H,8,10-19,22-24H2,1-2H3,(H,43,48,49)/t27-,28+,30?/m0/s1. The number of nitrogens with one attached hydrogen (secondary N) is 2. The molecule has 7 rings (SSSR count). The second-order valence-electron chi connectivity index (χ2n) is 15.0. The number of carbonyl (C=O) groups is 2. The molecule has 2 N–H and O–H groups in total. The molecule has 266 valence electrons. The SMILES string of the molecule is CN1C[C@H](Nc2cnn(C)c(=O)c2Br)C[C@H](c2ccc(CN3CCC4(CC3)CCN(c3ccc(F)c(C5CCC(=O)NC5=O)c3)CC4)cc2)C1. The Hall–Kier alpha value is -3.61. The van der Waals surface area contributed by atoms with Gasteiger partial charge in [-0.25, -0.2) is 9.07 Å². The minimum Gasteiger partial charge on any atom is -0.379 e. The maximum absolute atomic E-state index is 14.8. The Kier molecular flexibility index (Phi) is 10.1. The first-order valence-electron chi connectivity index (χ1n) is 17.9. The van der Waals surface area contributed by atoms with Crippen molar-refractivity contribution in [2.24, 2.45) is 12.5 Å². The second-order valence-corrected chi connectivity index (χ2v) is 15.8. The highest BCUT2D eigenvalue weighted by Gasteiger charge is 2.38. The predicted molar refractivity (Wildman–Crippen MR) is 196 cm³/mol. The van der Waals surface area contributed by atoms with E-state index in [0.717, 1.165) is 76.5 Å². The third kappa shape index (κ3) is 7.52. The maximum Gasteiger partial charge on any atom is 0.282 e. The highest BCUT2D eigenvalue weighted by Crippen LogP contribution is 2.43. The number of halogens is 2. The Morgan fingerprint density at radius 2 is 1.70 bits per heavy atom. The zero-order valence-corrected chi connectivity index (χ0v) is 30.6. The van der Waals surface area contributed by atoms with Crippen molar-refractivity contribution >= 4 is 39.1 Å². The Balaban J connectivity index is 0.900. The first kappa shape index (κ1) is 34.8. The molecule has 1 aromatic heterocycles. The lowest BCUT2D eigenvalue weighted by Gasteiger charge is -2.47. The minimum atomic E-state index is -0.618. The van der Waals surface area contributed by atoms with Crippen LogP contribution in [0.4, 0.5) is 15.8 Å². The molecule has 0 aliphatic carbocycles. The molecule has 4 aliphatic rings. The van der Waals surface area contributed by atoms with E-state index in [-0.39, 0.29) is 29.7 Å². The number of rotatable bonds is 7. The Morgan fingerprint density at radius 3 is 2.42 bits per heavy atom. The summed E-state index contributed by atoms with van der Waals surface area (Å²) in [5, 5.41) is 10.1. The van der Waals surface area contributed by atoms with Crippen LogP contribution in [-0.2, 0) is 23.2 Å². The summed E-state index contributed by atoms with van der Waals surface area (Å²) in [5.74, 6) is -1.29. The highest BCUT2D eigenvalue weighted by molar-refractivity contribution is 9.10. The van der Waals surface area contributed by atoms with E-state index in [4.69, 9.17) is 0 Å². The predicted octanol–water partition coefficient (Wildman–Crippen LogP) is 4.98. The fraction of sp³-hybridized carbons (Fsp3) is 0.526. The fourth-order valence-electron chi connectivity index (χ4n) is 8.56. The monoisotopic (exact) mass is 747 g/mol. The van der Waals surface area contributed by atoms with Crippen molar-refractivity contribution in [2.45, 2.75) is 69.4 Å². The molecular weight excluding hydrogens is 701 g/mol. The van der Waals surface area contributed by atoms with Crippen LogP contribution in [-0.4, -0.2) is 83.8 Å². The van der Waals surface area contributed by atoms with Gasteiger partial charge in [-0.3, -0.25) is 24.6 Å². The van der Waals surface area contributed by atoms with Gasteiger partial charge in [-0.2, -0.15) is 5.10 Å². The van der Waals surface area contributed by atoms with Gasteiger partial charge in [-0.1, -0.05) is 24.3 Å². The van der Waals surface area contributed by atoms with Crippen LogP contribution in [0.2, 0.25) is 0 Å². The van der Waals surface area contributed by atoms with Crippen molar-refractivity contribution in [1.82, 2.24) is 24.9 Å². The van der Waals surface area contributed by atoms with Crippen LogP contribution in [0.1, 0.15) is 73.5 Å². The number of aryl methyl sites for hydroxylation is 1. The molecule has 5 heterocycles. The average Bonchev–Trinajstić information content (AvgIpc) is 3.11. The molecule has 10 nitrogen and oxygen atoms in total. The number of amides is 2. The molecule has 1 unspecified atom stereocenters. The maximum atomic E-state index is 14.8. The van der Waals surface area contributed by atoms with E-state index in [2.05, 4.69) is 77.7 Å². The van der Waals surface area contributed by atoms with E-state index in [1.165, 1.54) is 34.7 Å². The Morgan fingerprint density at radius 1 is 0.980 bits per heavy atom. The summed E-state index contributed by atoms with van der Waals surface area (Å²) in [4.78, 5) is 43.7. The van der Waals surface area contributed by atoms with Crippen molar-refractivity contribution < 1.29 is 14.0 Å². The average molecular weight is 749 g/mol. The number of nitrogens with zero attached hydrogens (tertiary/aromatic N) is 5. The smallest absolute Gasteiger partial charge is 0.282 e. The van der Waals surface area contributed by atoms with Crippen LogP contribution < -0.4 is 21.1 Å². The van der Waals surface area contributed by atoms with Crippen molar-refractivity contribution in [3.05, 3.63) is 86.0 Å². The number of carbonyl (C=O) groups excluding carboxylic acids is 2. The molecule has 4 aliphatic heterocycles. The fourth-order valence-corrected chi connectivity index (χ4v) is 9.03. The lowest BCUT2D eigenvalue weighted by Crippen LogP contribution is -2.46. The number of hydrogen-bond donors (Lipinski definition) is 2. The highest BCUT2D eigenvalue weighted by atomic mass is 79.9. The van der Waals surface area contributed by atoms with Crippen molar-refractivity contribution in [1.29, 1.82) is 0 Å². The van der Waals surface area contributed by atoms with Gasteiger partial charge >= 0.3 is 0 Å². The van der Waals surface area contributed by atoms with E-state index >= 15 is 0 Å². The van der Waals surface area contributed by atoms with Gasteiger partial charge in [0.2, 0.25) is 11.8 Å². The quantitative estimate of drug-likeness (QED) is 0.327. The number of hydrogen-bond acceptors (Lipinski definition) is 8. The van der Waals surface area contributed by atoms with Gasteiger partial charge in [-0.05, 0) is 115 Å². The van der Waals surface area contributed by atoms with Crippen LogP contribution in [0.5, 0.6) is 0 Å². The molecule has 2 amide bonds. The summed E-state index contributed by atoms with van der Waals surface area (Å²) in [7, 11) is 3.81. The molecule has 0 bridgehead atoms. The summed E-state index contributed by atoms with van der Waals surface area (Å²) in [6, 6.07) is 14.5. The van der Waals surface area contributed by atoms with Crippen molar-refractivity contribution in [3.63, 3.8) is 0 Å². The summed E-state index contributed by atoms with van der Waals surface area (Å²) in [6.45, 7) is 6.89. The number of benzene rings is 2. The van der Waals surface area contributed by atoms with Crippen LogP contribution in [0.15, 0.2) is 57.9 Å². The van der Waals surface area contributed by atoms with Crippen molar-refractivity contribution in [3.8, 4) is 0 Å². The Bertz CT molecular complexity index is 1780. The van der Waals surface area contributed by atoms with E-state index in [1.54, 1.807) is 13.2 Å². The number of likely N-dealkylation sites (N-methyl/N-ethyl adjacent to an activating group) is 1. The summed E-state index contributed by atoms with van der Waals surface area (Å²) >= 11 is 3.45. The molecule has 0 radical (unpaired) electrons. The normalized spacial score (nSPS) is 24.7. The van der Waals surface area contributed by atoms with E-state index < -0.39 is 11.8 Å². The number of piperidine rings is 4. The molecule has 1 spiro atoms. The molecule has 4 saturated heterocycles. The third-order valence-corrected chi connectivity index (χ3v) is 12.4. The Labute approximate surface area is 301 Å². The summed E-state index contributed by atoms with van der Waals surface area (Å²) < 4.78 is 16.6. The number of aromatic nitrogens is 2. The van der Waals surface area contributed by atoms with Gasteiger partial charge in [0, 0.05) is 63.5 Å². The second kappa shape index (κ2) is 14.6. The van der Waals surface area contributed by atoms with Gasteiger partial charge in [0.1, 0.15) is 10.3 Å². The molecule has 3 aromatic rings. The van der Waals surface area contributed by atoms with Gasteiger partial charge in [-0.15, -0.1) is 0 Å². The summed E-state index contributed by atoms with van der Waals surface area (Å²) in [6.07, 6.45) is 7.88. The largest absolute Gasteiger partial charge is 0.379 e. The first-order valence-corrected chi connectivity index (χ1v) is 18.7. The topological polar surface area (TPSA) is 103 Å². The van der Waals surface area contributed by atoms with Crippen LogP contribution >= 0.6 is 15.9 Å². The van der Waals surface area contributed by atoms with Gasteiger partial charge < -0.3 is 15.1 Å². The lowest BCUT2D eigenvalue weighted by atomic mass is 9.71. The van der Waals surface area contributed by atoms with Gasteiger partial charge in [0.05, 0.1) is 17.8 Å². The first-order chi connectivity index (χ1) is 24.1. The minimum absolute atomic E-state index is 0.147. The van der Waals surface area contributed by atoms with E-state index in [0.29, 0.717) is 27.8 Å². The zero-order chi connectivity index (χ0) is 35.0. The third-order valence-electron chi connectivity index (χ3n) is 11.6. The van der Waals surface area contributed by atoms with Crippen LogP contribution in [0, 0.1) is 11.2 Å². The zero-order valence-electron chi connectivity index (χ0n) is 29.0. The molecule has 4 fully saturated rings. The molecule has 3 atom stereocenters. The number of imide groups is 1. The van der Waals surface area contributed by atoms with Crippen LogP contribution in [0.25, 0.3) is 0 Å². The van der Waals surface area contributed by atoms with E-state index in [9.17, 15) is 18.8 Å². The lowest BCUT2D eigenvalue weighted by molar-refractivity contribution is -0.134. The van der Waals surface area contributed by atoms with Crippen molar-refractivity contribution in [2.75, 3.05) is 56.5 Å². The molecule has 0 saturated carbocycles. The van der Waals surface area contributed by atoms with E-state index in [1.807, 2.05) is 12.1 Å². The van der Waals surface area contributed by atoms with Crippen LogP contribution in [0.3, 0.4) is 0 Å². The summed E-state index contributed by atoms with van der Waals surface area (Å²) in [5.41, 5.74) is 4.99. The van der Waals surface area contributed by atoms with Gasteiger partial charge in [0.25, 0.3) is 5.56 Å². The molecule has 12 heteroatoms. The molecule has 50 heavy (non-hydrogen) atoms. The number of anilines is 2. The molecule has 2 aromatic carbocycles.